The predicted molar refractivity (Wildman–Crippen MR) is 98.7 cm³/mol. The third-order valence-corrected chi connectivity index (χ3v) is 4.71. The fourth-order valence-electron chi connectivity index (χ4n) is 2.39. The minimum Gasteiger partial charge on any atom is -0.368 e. The second-order valence-electron chi connectivity index (χ2n) is 5.56. The Morgan fingerprint density at radius 1 is 1.04 bits per heavy atom. The van der Waals surface area contributed by atoms with Gasteiger partial charge in [-0.05, 0) is 13.3 Å². The van der Waals surface area contributed by atoms with Gasteiger partial charge < -0.3 is 11.5 Å². The lowest BCUT2D eigenvalue weighted by atomic mass is 10.2. The van der Waals surface area contributed by atoms with Crippen LogP contribution in [0.25, 0.3) is 11.4 Å². The van der Waals surface area contributed by atoms with Gasteiger partial charge in [-0.2, -0.15) is 15.0 Å². The van der Waals surface area contributed by atoms with Gasteiger partial charge in [-0.15, -0.1) is 10.2 Å². The van der Waals surface area contributed by atoms with Gasteiger partial charge in [0, 0.05) is 11.6 Å². The standard InChI is InChI=1S/C16H20N8S/c1-3-10(2)24-13(11-7-5-4-6-8-11)22-23-16(24)25-9-12-19-14(17)21-15(18)20-12/h4-8,10H,3,9H2,1-2H3,(H4,17,18,19,20,21)/t10-/m0/s1. The third kappa shape index (κ3) is 3.87. The average molecular weight is 356 g/mol. The van der Waals surface area contributed by atoms with Gasteiger partial charge in [-0.1, -0.05) is 49.0 Å². The summed E-state index contributed by atoms with van der Waals surface area (Å²) in [6.45, 7) is 4.29. The molecule has 2 heterocycles. The van der Waals surface area contributed by atoms with Crippen molar-refractivity contribution < 1.29 is 0 Å². The molecule has 3 rings (SSSR count). The van der Waals surface area contributed by atoms with Crippen LogP contribution in [0.4, 0.5) is 11.9 Å². The first kappa shape index (κ1) is 17.2. The minimum absolute atomic E-state index is 0.122. The van der Waals surface area contributed by atoms with Crippen molar-refractivity contribution in [3.05, 3.63) is 36.2 Å². The largest absolute Gasteiger partial charge is 0.368 e. The molecular formula is C16H20N8S. The molecule has 0 radical (unpaired) electrons. The van der Waals surface area contributed by atoms with Crippen molar-refractivity contribution in [3.63, 3.8) is 0 Å². The van der Waals surface area contributed by atoms with Gasteiger partial charge in [0.1, 0.15) is 5.82 Å². The Balaban J connectivity index is 1.89. The van der Waals surface area contributed by atoms with Crippen LogP contribution in [-0.2, 0) is 5.75 Å². The molecule has 0 aliphatic carbocycles. The highest BCUT2D eigenvalue weighted by Gasteiger charge is 2.18. The van der Waals surface area contributed by atoms with Gasteiger partial charge in [0.15, 0.2) is 11.0 Å². The first-order valence-electron chi connectivity index (χ1n) is 7.97. The normalized spacial score (nSPS) is 12.2. The Morgan fingerprint density at radius 2 is 1.72 bits per heavy atom. The van der Waals surface area contributed by atoms with Crippen molar-refractivity contribution in [1.82, 2.24) is 29.7 Å². The van der Waals surface area contributed by atoms with E-state index in [0.717, 1.165) is 23.0 Å². The molecule has 3 aromatic rings. The molecule has 25 heavy (non-hydrogen) atoms. The fraction of sp³-hybridized carbons (Fsp3) is 0.312. The van der Waals surface area contributed by atoms with Gasteiger partial charge >= 0.3 is 0 Å². The zero-order chi connectivity index (χ0) is 17.8. The molecule has 0 saturated heterocycles. The summed E-state index contributed by atoms with van der Waals surface area (Å²) in [5.74, 6) is 2.11. The highest BCUT2D eigenvalue weighted by molar-refractivity contribution is 7.98. The molecule has 9 heteroatoms. The molecule has 2 aromatic heterocycles. The first-order chi connectivity index (χ1) is 12.1. The Morgan fingerprint density at radius 3 is 2.36 bits per heavy atom. The second-order valence-corrected chi connectivity index (χ2v) is 6.50. The van der Waals surface area contributed by atoms with E-state index in [1.54, 1.807) is 0 Å². The van der Waals surface area contributed by atoms with Crippen LogP contribution in [0.1, 0.15) is 32.1 Å². The monoisotopic (exact) mass is 356 g/mol. The summed E-state index contributed by atoms with van der Waals surface area (Å²) >= 11 is 1.50. The Labute approximate surface area is 150 Å². The number of rotatable bonds is 6. The predicted octanol–water partition coefficient (Wildman–Crippen LogP) is 2.56. The van der Waals surface area contributed by atoms with Crippen LogP contribution in [0, 0.1) is 0 Å². The van der Waals surface area contributed by atoms with Crippen LogP contribution >= 0.6 is 11.8 Å². The van der Waals surface area contributed by atoms with Crippen molar-refractivity contribution >= 4 is 23.7 Å². The Kier molecular flexibility index (Phi) is 5.13. The van der Waals surface area contributed by atoms with Crippen molar-refractivity contribution in [2.24, 2.45) is 0 Å². The van der Waals surface area contributed by atoms with Gasteiger partial charge in [-0.3, -0.25) is 4.57 Å². The highest BCUT2D eigenvalue weighted by atomic mass is 32.2. The van der Waals surface area contributed by atoms with Gasteiger partial charge in [0.05, 0.1) is 5.75 Å². The van der Waals surface area contributed by atoms with Gasteiger partial charge in [0.25, 0.3) is 0 Å². The van der Waals surface area contributed by atoms with Crippen molar-refractivity contribution in [2.75, 3.05) is 11.5 Å². The molecule has 0 spiro atoms. The van der Waals surface area contributed by atoms with E-state index in [4.69, 9.17) is 11.5 Å². The number of thioether (sulfide) groups is 1. The summed E-state index contributed by atoms with van der Waals surface area (Å²) in [5, 5.41) is 9.57. The zero-order valence-corrected chi connectivity index (χ0v) is 14.9. The van der Waals surface area contributed by atoms with Gasteiger partial charge in [-0.25, -0.2) is 0 Å². The molecule has 0 fully saturated rings. The molecule has 0 saturated carbocycles. The maximum Gasteiger partial charge on any atom is 0.225 e. The van der Waals surface area contributed by atoms with E-state index in [1.807, 2.05) is 30.3 Å². The van der Waals surface area contributed by atoms with E-state index >= 15 is 0 Å². The van der Waals surface area contributed by atoms with Gasteiger partial charge in [0.2, 0.25) is 11.9 Å². The van der Waals surface area contributed by atoms with Crippen molar-refractivity contribution in [1.29, 1.82) is 0 Å². The minimum atomic E-state index is 0.122. The highest BCUT2D eigenvalue weighted by Crippen LogP contribution is 2.30. The third-order valence-electron chi connectivity index (χ3n) is 3.77. The van der Waals surface area contributed by atoms with E-state index in [9.17, 15) is 0 Å². The maximum atomic E-state index is 5.62. The number of aromatic nitrogens is 6. The molecule has 0 aliphatic heterocycles. The molecule has 8 nitrogen and oxygen atoms in total. The molecule has 4 N–H and O–H groups in total. The molecule has 130 valence electrons. The van der Waals surface area contributed by atoms with E-state index in [-0.39, 0.29) is 17.9 Å². The Bertz CT molecular complexity index is 828. The molecule has 0 aliphatic rings. The number of benzene rings is 1. The second kappa shape index (κ2) is 7.47. The van der Waals surface area contributed by atoms with E-state index in [2.05, 4.69) is 43.6 Å². The van der Waals surface area contributed by atoms with Crippen LogP contribution < -0.4 is 11.5 Å². The van der Waals surface area contributed by atoms with Crippen molar-refractivity contribution in [2.45, 2.75) is 37.2 Å². The summed E-state index contributed by atoms with van der Waals surface area (Å²) in [4.78, 5) is 12.0. The summed E-state index contributed by atoms with van der Waals surface area (Å²) in [7, 11) is 0. The Hall–Kier alpha value is -2.68. The number of nitrogens with zero attached hydrogens (tertiary/aromatic N) is 6. The number of nitrogens with two attached hydrogens (primary N) is 2. The van der Waals surface area contributed by atoms with E-state index in [0.29, 0.717) is 11.6 Å². The number of nitrogen functional groups attached to an aromatic ring is 2. The van der Waals surface area contributed by atoms with Crippen molar-refractivity contribution in [3.8, 4) is 11.4 Å². The molecule has 0 amide bonds. The number of hydrogen-bond donors (Lipinski definition) is 2. The molecule has 1 aromatic carbocycles. The topological polar surface area (TPSA) is 121 Å². The van der Waals surface area contributed by atoms with Crippen LogP contribution in [-0.4, -0.2) is 29.7 Å². The molecular weight excluding hydrogens is 336 g/mol. The SMILES string of the molecule is CC[C@H](C)n1c(SCc2nc(N)nc(N)n2)nnc1-c1ccccc1. The summed E-state index contributed by atoms with van der Waals surface area (Å²) in [5.41, 5.74) is 12.3. The summed E-state index contributed by atoms with van der Waals surface area (Å²) < 4.78 is 2.15. The van der Waals surface area contributed by atoms with E-state index < -0.39 is 0 Å². The van der Waals surface area contributed by atoms with E-state index in [1.165, 1.54) is 11.8 Å². The van der Waals surface area contributed by atoms with Crippen LogP contribution in [0.15, 0.2) is 35.5 Å². The lowest BCUT2D eigenvalue weighted by molar-refractivity contribution is 0.497. The first-order valence-corrected chi connectivity index (χ1v) is 8.96. The average Bonchev–Trinajstić information content (AvgIpc) is 3.03. The maximum absolute atomic E-state index is 5.62. The molecule has 1 atom stereocenters. The fourth-order valence-corrected chi connectivity index (χ4v) is 3.28. The summed E-state index contributed by atoms with van der Waals surface area (Å²) in [6, 6.07) is 10.3. The number of hydrogen-bond acceptors (Lipinski definition) is 8. The van der Waals surface area contributed by atoms with Crippen LogP contribution in [0.2, 0.25) is 0 Å². The quantitative estimate of drug-likeness (QED) is 0.646. The van der Waals surface area contributed by atoms with Crippen LogP contribution in [0.3, 0.4) is 0 Å². The molecule has 0 bridgehead atoms. The van der Waals surface area contributed by atoms with Crippen LogP contribution in [0.5, 0.6) is 0 Å². The zero-order valence-electron chi connectivity index (χ0n) is 14.1. The smallest absolute Gasteiger partial charge is 0.225 e. The lowest BCUT2D eigenvalue weighted by Crippen LogP contribution is -2.09. The molecule has 0 unspecified atom stereocenters. The lowest BCUT2D eigenvalue weighted by Gasteiger charge is -2.16. The summed E-state index contributed by atoms with van der Waals surface area (Å²) in [6.07, 6.45) is 0.969. The number of anilines is 2.